The Morgan fingerprint density at radius 1 is 0.969 bits per heavy atom. The second-order valence-corrected chi connectivity index (χ2v) is 8.08. The molecule has 0 aliphatic carbocycles. The highest BCUT2D eigenvalue weighted by Crippen LogP contribution is 2.13. The van der Waals surface area contributed by atoms with E-state index in [1.54, 1.807) is 12.1 Å². The van der Waals surface area contributed by atoms with Crippen LogP contribution in [0, 0.1) is 5.82 Å². The zero-order valence-electron chi connectivity index (χ0n) is 18.9. The lowest BCUT2D eigenvalue weighted by molar-refractivity contribution is -0.120. The zero-order valence-corrected chi connectivity index (χ0v) is 18.9. The maximum atomic E-state index is 13.2. The Morgan fingerprint density at radius 3 is 2.41 bits per heavy atom. The number of likely N-dealkylation sites (tertiary alicyclic amines) is 1. The van der Waals surface area contributed by atoms with Crippen molar-refractivity contribution in [3.8, 4) is 0 Å². The topological polar surface area (TPSA) is 68.8 Å². The van der Waals surface area contributed by atoms with Gasteiger partial charge in [-0.05, 0) is 61.7 Å². The van der Waals surface area contributed by atoms with Crippen molar-refractivity contribution in [2.24, 2.45) is 4.99 Å². The van der Waals surface area contributed by atoms with E-state index in [9.17, 15) is 9.18 Å². The molecule has 0 radical (unpaired) electrons. The van der Waals surface area contributed by atoms with Crippen molar-refractivity contribution >= 4 is 11.9 Å². The van der Waals surface area contributed by atoms with Crippen molar-refractivity contribution in [1.82, 2.24) is 20.9 Å². The predicted octanol–water partition coefficient (Wildman–Crippen LogP) is 2.84. The summed E-state index contributed by atoms with van der Waals surface area (Å²) in [6.07, 6.45) is 2.78. The molecule has 1 aliphatic heterocycles. The fourth-order valence-corrected chi connectivity index (χ4v) is 3.74. The van der Waals surface area contributed by atoms with E-state index in [4.69, 9.17) is 0 Å². The van der Waals surface area contributed by atoms with Gasteiger partial charge in [0, 0.05) is 26.2 Å². The standard InChI is InChI=1S/C25H34FN5O/c1-2-27-25(29-13-12-28-24(32)17-22-6-5-7-23(26)16-22)30-18-20-8-10-21(11-9-20)19-31-14-3-4-15-31/h5-11,16H,2-4,12-15,17-19H2,1H3,(H,28,32)(H2,27,29,30). The molecular formula is C25H34FN5O. The second kappa shape index (κ2) is 12.8. The van der Waals surface area contributed by atoms with E-state index in [1.807, 2.05) is 6.92 Å². The molecular weight excluding hydrogens is 405 g/mol. The number of carbonyl (C=O) groups excluding carboxylic acids is 1. The van der Waals surface area contributed by atoms with Crippen LogP contribution in [0.5, 0.6) is 0 Å². The first-order valence-corrected chi connectivity index (χ1v) is 11.5. The summed E-state index contributed by atoms with van der Waals surface area (Å²) in [7, 11) is 0. The molecule has 1 aliphatic rings. The van der Waals surface area contributed by atoms with Gasteiger partial charge in [-0.25, -0.2) is 9.38 Å². The van der Waals surface area contributed by atoms with E-state index in [0.717, 1.165) is 18.7 Å². The molecule has 6 nitrogen and oxygen atoms in total. The van der Waals surface area contributed by atoms with Gasteiger partial charge in [0.25, 0.3) is 0 Å². The minimum absolute atomic E-state index is 0.131. The highest BCUT2D eigenvalue weighted by atomic mass is 19.1. The molecule has 1 saturated heterocycles. The molecule has 0 saturated carbocycles. The molecule has 1 amide bonds. The third kappa shape index (κ3) is 8.30. The van der Waals surface area contributed by atoms with Crippen LogP contribution in [0.3, 0.4) is 0 Å². The van der Waals surface area contributed by atoms with E-state index in [-0.39, 0.29) is 18.1 Å². The van der Waals surface area contributed by atoms with Crippen LogP contribution < -0.4 is 16.0 Å². The number of rotatable bonds is 10. The van der Waals surface area contributed by atoms with Crippen LogP contribution in [-0.4, -0.2) is 49.5 Å². The van der Waals surface area contributed by atoms with Gasteiger partial charge in [-0.2, -0.15) is 0 Å². The summed E-state index contributed by atoms with van der Waals surface area (Å²) in [5.74, 6) is 0.256. The molecule has 2 aromatic rings. The predicted molar refractivity (Wildman–Crippen MR) is 127 cm³/mol. The smallest absolute Gasteiger partial charge is 0.224 e. The largest absolute Gasteiger partial charge is 0.357 e. The maximum absolute atomic E-state index is 13.2. The van der Waals surface area contributed by atoms with Crippen molar-refractivity contribution < 1.29 is 9.18 Å². The Morgan fingerprint density at radius 2 is 1.69 bits per heavy atom. The molecule has 3 N–H and O–H groups in total. The fraction of sp³-hybridized carbons (Fsp3) is 0.440. The van der Waals surface area contributed by atoms with Crippen molar-refractivity contribution in [3.05, 3.63) is 71.0 Å². The molecule has 0 bridgehead atoms. The van der Waals surface area contributed by atoms with Crippen LogP contribution in [0.2, 0.25) is 0 Å². The Balaban J connectivity index is 1.39. The van der Waals surface area contributed by atoms with Crippen LogP contribution in [0.25, 0.3) is 0 Å². The summed E-state index contributed by atoms with van der Waals surface area (Å²) in [6.45, 7) is 7.81. The summed E-state index contributed by atoms with van der Waals surface area (Å²) < 4.78 is 13.2. The molecule has 0 unspecified atom stereocenters. The molecule has 2 aromatic carbocycles. The van der Waals surface area contributed by atoms with Gasteiger partial charge in [0.15, 0.2) is 5.96 Å². The lowest BCUT2D eigenvalue weighted by Gasteiger charge is -2.14. The first kappa shape index (κ1) is 23.7. The highest BCUT2D eigenvalue weighted by molar-refractivity contribution is 5.80. The van der Waals surface area contributed by atoms with Gasteiger partial charge in [0.1, 0.15) is 5.82 Å². The molecule has 1 heterocycles. The summed E-state index contributed by atoms with van der Waals surface area (Å²) >= 11 is 0. The van der Waals surface area contributed by atoms with Gasteiger partial charge in [-0.3, -0.25) is 9.69 Å². The number of guanidine groups is 1. The summed E-state index contributed by atoms with van der Waals surface area (Å²) in [6, 6.07) is 14.8. The third-order valence-electron chi connectivity index (χ3n) is 5.39. The van der Waals surface area contributed by atoms with E-state index >= 15 is 0 Å². The lowest BCUT2D eigenvalue weighted by atomic mass is 10.1. The van der Waals surface area contributed by atoms with Gasteiger partial charge in [-0.1, -0.05) is 36.4 Å². The first-order chi connectivity index (χ1) is 15.6. The normalized spacial score (nSPS) is 14.4. The maximum Gasteiger partial charge on any atom is 0.224 e. The van der Waals surface area contributed by atoms with E-state index in [1.165, 1.54) is 43.6 Å². The molecule has 172 valence electrons. The van der Waals surface area contributed by atoms with E-state index in [0.29, 0.717) is 31.2 Å². The number of nitrogens with one attached hydrogen (secondary N) is 3. The van der Waals surface area contributed by atoms with Crippen molar-refractivity contribution in [2.45, 2.75) is 39.3 Å². The Hall–Kier alpha value is -2.93. The molecule has 1 fully saturated rings. The molecule has 3 rings (SSSR count). The number of hydrogen-bond donors (Lipinski definition) is 3. The number of halogens is 1. The summed E-state index contributed by atoms with van der Waals surface area (Å²) in [4.78, 5) is 19.2. The minimum Gasteiger partial charge on any atom is -0.357 e. The quantitative estimate of drug-likeness (QED) is 0.303. The number of carbonyl (C=O) groups is 1. The van der Waals surface area contributed by atoms with Crippen molar-refractivity contribution in [3.63, 3.8) is 0 Å². The molecule has 0 spiro atoms. The van der Waals surface area contributed by atoms with Crippen LogP contribution in [0.15, 0.2) is 53.5 Å². The van der Waals surface area contributed by atoms with Crippen LogP contribution in [0.1, 0.15) is 36.5 Å². The second-order valence-electron chi connectivity index (χ2n) is 8.08. The fourth-order valence-electron chi connectivity index (χ4n) is 3.74. The summed E-state index contributed by atoms with van der Waals surface area (Å²) in [5, 5.41) is 9.31. The van der Waals surface area contributed by atoms with Gasteiger partial charge in [-0.15, -0.1) is 0 Å². The van der Waals surface area contributed by atoms with Gasteiger partial charge >= 0.3 is 0 Å². The van der Waals surface area contributed by atoms with Gasteiger partial charge in [0.2, 0.25) is 5.91 Å². The molecule has 32 heavy (non-hydrogen) atoms. The van der Waals surface area contributed by atoms with Crippen molar-refractivity contribution in [2.75, 3.05) is 32.7 Å². The number of aliphatic imine (C=N–C) groups is 1. The van der Waals surface area contributed by atoms with Crippen LogP contribution in [-0.2, 0) is 24.3 Å². The van der Waals surface area contributed by atoms with Crippen LogP contribution in [0.4, 0.5) is 4.39 Å². The van der Waals surface area contributed by atoms with Crippen molar-refractivity contribution in [1.29, 1.82) is 0 Å². The highest BCUT2D eigenvalue weighted by Gasteiger charge is 2.11. The third-order valence-corrected chi connectivity index (χ3v) is 5.39. The number of amides is 1. The van der Waals surface area contributed by atoms with Gasteiger partial charge < -0.3 is 16.0 Å². The van der Waals surface area contributed by atoms with E-state index in [2.05, 4.69) is 50.1 Å². The first-order valence-electron chi connectivity index (χ1n) is 11.5. The average Bonchev–Trinajstić information content (AvgIpc) is 3.29. The number of benzene rings is 2. The van der Waals surface area contributed by atoms with E-state index < -0.39 is 0 Å². The number of hydrogen-bond acceptors (Lipinski definition) is 3. The Labute approximate surface area is 190 Å². The summed E-state index contributed by atoms with van der Waals surface area (Å²) in [5.41, 5.74) is 3.17. The Bertz CT molecular complexity index is 878. The lowest BCUT2D eigenvalue weighted by Crippen LogP contribution is -2.41. The minimum atomic E-state index is -0.329. The molecule has 0 atom stereocenters. The number of nitrogens with zero attached hydrogens (tertiary/aromatic N) is 2. The SMILES string of the molecule is CCNC(=NCc1ccc(CN2CCCC2)cc1)NCCNC(=O)Cc1cccc(F)c1. The Kier molecular flexibility index (Phi) is 9.50. The monoisotopic (exact) mass is 439 g/mol. The molecule has 7 heteroatoms. The van der Waals surface area contributed by atoms with Crippen LogP contribution >= 0.6 is 0 Å². The molecule has 0 aromatic heterocycles. The average molecular weight is 440 g/mol. The zero-order chi connectivity index (χ0) is 22.6. The van der Waals surface area contributed by atoms with Gasteiger partial charge in [0.05, 0.1) is 13.0 Å².